The largest absolute Gasteiger partial charge is 0.462 e. The van der Waals surface area contributed by atoms with Crippen molar-refractivity contribution in [1.29, 1.82) is 0 Å². The Morgan fingerprint density at radius 2 is 2.18 bits per heavy atom. The number of carbonyl (C=O) groups is 2. The first-order valence-electron chi connectivity index (χ1n) is 6.69. The van der Waals surface area contributed by atoms with Crippen LogP contribution in [0.15, 0.2) is 22.6 Å². The maximum absolute atomic E-state index is 11.8. The number of esters is 1. The van der Waals surface area contributed by atoms with Crippen molar-refractivity contribution >= 4 is 34.4 Å². The smallest absolute Gasteiger partial charge is 0.350 e. The number of hydrogen-bond acceptors (Lipinski definition) is 6. The van der Waals surface area contributed by atoms with Crippen LogP contribution in [0.4, 0.5) is 5.13 Å². The first kappa shape index (κ1) is 16.0. The van der Waals surface area contributed by atoms with E-state index in [2.05, 4.69) is 10.3 Å². The number of amides is 1. The third-order valence-corrected chi connectivity index (χ3v) is 3.70. The van der Waals surface area contributed by atoms with Gasteiger partial charge in [0.2, 0.25) is 5.91 Å². The Morgan fingerprint density at radius 3 is 2.82 bits per heavy atom. The molecule has 22 heavy (non-hydrogen) atoms. The van der Waals surface area contributed by atoms with Gasteiger partial charge in [0.25, 0.3) is 0 Å². The first-order chi connectivity index (χ1) is 10.5. The number of nitrogens with zero attached hydrogens (tertiary/aromatic N) is 1. The summed E-state index contributed by atoms with van der Waals surface area (Å²) >= 11 is 1.09. The van der Waals surface area contributed by atoms with Crippen LogP contribution in [0, 0.1) is 13.8 Å². The molecular weight excluding hydrogens is 304 g/mol. The van der Waals surface area contributed by atoms with Crippen LogP contribution in [0.3, 0.4) is 0 Å². The molecule has 7 heteroatoms. The molecule has 0 radical (unpaired) electrons. The van der Waals surface area contributed by atoms with Crippen molar-refractivity contribution in [3.63, 3.8) is 0 Å². The number of anilines is 1. The van der Waals surface area contributed by atoms with E-state index in [0.717, 1.165) is 17.1 Å². The van der Waals surface area contributed by atoms with Gasteiger partial charge in [-0.1, -0.05) is 11.3 Å². The van der Waals surface area contributed by atoms with Crippen molar-refractivity contribution in [2.45, 2.75) is 20.8 Å². The van der Waals surface area contributed by atoms with Gasteiger partial charge in [-0.2, -0.15) is 0 Å². The summed E-state index contributed by atoms with van der Waals surface area (Å²) in [5.41, 5.74) is 0.532. The molecule has 0 aliphatic rings. The lowest BCUT2D eigenvalue weighted by atomic mass is 10.4. The van der Waals surface area contributed by atoms with E-state index in [-0.39, 0.29) is 5.91 Å². The molecule has 116 valence electrons. The van der Waals surface area contributed by atoms with Gasteiger partial charge >= 0.3 is 5.97 Å². The minimum absolute atomic E-state index is 0.295. The fourth-order valence-corrected chi connectivity index (χ4v) is 2.55. The fraction of sp³-hybridized carbons (Fsp3) is 0.267. The summed E-state index contributed by atoms with van der Waals surface area (Å²) in [5.74, 6) is 0.586. The number of ether oxygens (including phenoxy) is 1. The molecule has 6 nitrogen and oxygen atoms in total. The van der Waals surface area contributed by atoms with E-state index in [1.807, 2.05) is 13.0 Å². The average molecular weight is 320 g/mol. The average Bonchev–Trinajstić information content (AvgIpc) is 3.03. The number of furan rings is 1. The molecule has 0 fully saturated rings. The molecule has 1 N–H and O–H groups in total. The highest BCUT2D eigenvalue weighted by atomic mass is 32.1. The van der Waals surface area contributed by atoms with E-state index >= 15 is 0 Å². The predicted molar refractivity (Wildman–Crippen MR) is 83.9 cm³/mol. The molecule has 2 aromatic heterocycles. The van der Waals surface area contributed by atoms with Gasteiger partial charge in [0.1, 0.15) is 16.4 Å². The summed E-state index contributed by atoms with van der Waals surface area (Å²) < 4.78 is 10.3. The summed E-state index contributed by atoms with van der Waals surface area (Å²) in [6.07, 6.45) is 2.91. The van der Waals surface area contributed by atoms with Crippen molar-refractivity contribution in [2.75, 3.05) is 11.9 Å². The molecule has 2 aromatic rings. The second-order valence-electron chi connectivity index (χ2n) is 4.43. The number of thiazole rings is 1. The van der Waals surface area contributed by atoms with E-state index in [1.165, 1.54) is 6.08 Å². The Bertz CT molecular complexity index is 715. The van der Waals surface area contributed by atoms with Gasteiger partial charge in [-0.15, -0.1) is 0 Å². The number of carbonyl (C=O) groups excluding carboxylic acids is 2. The van der Waals surface area contributed by atoms with Crippen LogP contribution in [0.1, 0.15) is 33.8 Å². The van der Waals surface area contributed by atoms with Crippen LogP contribution in [-0.2, 0) is 9.53 Å². The monoisotopic (exact) mass is 320 g/mol. The van der Waals surface area contributed by atoms with Crippen molar-refractivity contribution in [3.8, 4) is 0 Å². The fourth-order valence-electron chi connectivity index (χ4n) is 1.68. The van der Waals surface area contributed by atoms with E-state index in [9.17, 15) is 9.59 Å². The van der Waals surface area contributed by atoms with Crippen molar-refractivity contribution < 1.29 is 18.7 Å². The van der Waals surface area contributed by atoms with Gasteiger partial charge in [-0.25, -0.2) is 9.78 Å². The SMILES string of the molecule is CCOC(=O)c1sc(NC(=O)/C=C/c2ccc(C)o2)nc1C. The first-order valence-corrected chi connectivity index (χ1v) is 7.51. The molecule has 0 unspecified atom stereocenters. The number of hydrogen-bond donors (Lipinski definition) is 1. The van der Waals surface area contributed by atoms with Crippen molar-refractivity contribution in [2.24, 2.45) is 0 Å². The molecule has 0 aliphatic carbocycles. The lowest BCUT2D eigenvalue weighted by Gasteiger charge is -1.97. The van der Waals surface area contributed by atoms with Crippen molar-refractivity contribution in [1.82, 2.24) is 4.98 Å². The van der Waals surface area contributed by atoms with Crippen LogP contribution in [-0.4, -0.2) is 23.5 Å². The summed E-state index contributed by atoms with van der Waals surface area (Å²) in [7, 11) is 0. The molecule has 2 heterocycles. The molecular formula is C15H16N2O4S. The van der Waals surface area contributed by atoms with Gasteiger partial charge in [0.05, 0.1) is 12.3 Å². The minimum Gasteiger partial charge on any atom is -0.462 e. The molecule has 0 aliphatic heterocycles. The van der Waals surface area contributed by atoms with Gasteiger partial charge in [-0.05, 0) is 39.0 Å². The third-order valence-electron chi connectivity index (χ3n) is 2.65. The quantitative estimate of drug-likeness (QED) is 0.676. The molecule has 0 aromatic carbocycles. The highest BCUT2D eigenvalue weighted by molar-refractivity contribution is 7.17. The Kier molecular flexibility index (Phi) is 5.11. The van der Waals surface area contributed by atoms with Crippen LogP contribution < -0.4 is 5.32 Å². The lowest BCUT2D eigenvalue weighted by Crippen LogP contribution is -2.07. The Hall–Kier alpha value is -2.41. The molecule has 0 spiro atoms. The van der Waals surface area contributed by atoms with Gasteiger partial charge in [-0.3, -0.25) is 10.1 Å². The van der Waals surface area contributed by atoms with E-state index in [4.69, 9.17) is 9.15 Å². The summed E-state index contributed by atoms with van der Waals surface area (Å²) in [4.78, 5) is 28.0. The van der Waals surface area contributed by atoms with E-state index in [0.29, 0.717) is 28.1 Å². The molecule has 2 rings (SSSR count). The Labute approximate surface area is 131 Å². The molecule has 0 bridgehead atoms. The molecule has 0 atom stereocenters. The lowest BCUT2D eigenvalue weighted by molar-refractivity contribution is -0.111. The zero-order valence-electron chi connectivity index (χ0n) is 12.5. The van der Waals surface area contributed by atoms with Crippen molar-refractivity contribution in [3.05, 3.63) is 40.3 Å². The Morgan fingerprint density at radius 1 is 1.41 bits per heavy atom. The second-order valence-corrected chi connectivity index (χ2v) is 5.42. The minimum atomic E-state index is -0.431. The third kappa shape index (κ3) is 4.05. The maximum Gasteiger partial charge on any atom is 0.350 e. The predicted octanol–water partition coefficient (Wildman–Crippen LogP) is 3.18. The number of aryl methyl sites for hydroxylation is 2. The molecule has 1 amide bonds. The van der Waals surface area contributed by atoms with Gasteiger partial charge in [0.15, 0.2) is 5.13 Å². The zero-order valence-corrected chi connectivity index (χ0v) is 13.3. The normalized spacial score (nSPS) is 10.9. The summed E-state index contributed by atoms with van der Waals surface area (Å²) in [5, 5.41) is 2.96. The molecule has 0 saturated heterocycles. The number of nitrogens with one attached hydrogen (secondary N) is 1. The second kappa shape index (κ2) is 7.04. The van der Waals surface area contributed by atoms with Gasteiger partial charge < -0.3 is 9.15 Å². The van der Waals surface area contributed by atoms with Crippen LogP contribution in [0.2, 0.25) is 0 Å². The highest BCUT2D eigenvalue weighted by Gasteiger charge is 2.16. The topological polar surface area (TPSA) is 81.4 Å². The van der Waals surface area contributed by atoms with Crippen LogP contribution in [0.5, 0.6) is 0 Å². The Balaban J connectivity index is 2.01. The number of rotatable bonds is 5. The summed E-state index contributed by atoms with van der Waals surface area (Å²) in [6.45, 7) is 5.55. The maximum atomic E-state index is 11.8. The van der Waals surface area contributed by atoms with Crippen LogP contribution in [0.25, 0.3) is 6.08 Å². The van der Waals surface area contributed by atoms with E-state index in [1.54, 1.807) is 26.0 Å². The standard InChI is InChI=1S/C15H16N2O4S/c1-4-20-14(19)13-10(3)16-15(22-13)17-12(18)8-7-11-6-5-9(2)21-11/h5-8H,4H2,1-3H3,(H,16,17,18)/b8-7+. The van der Waals surface area contributed by atoms with Gasteiger partial charge in [0, 0.05) is 6.08 Å². The zero-order chi connectivity index (χ0) is 16.1. The van der Waals surface area contributed by atoms with E-state index < -0.39 is 5.97 Å². The highest BCUT2D eigenvalue weighted by Crippen LogP contribution is 2.23. The summed E-state index contributed by atoms with van der Waals surface area (Å²) in [6, 6.07) is 3.58. The molecule has 0 saturated carbocycles. The number of aromatic nitrogens is 1. The van der Waals surface area contributed by atoms with Crippen LogP contribution >= 0.6 is 11.3 Å².